The van der Waals surface area contributed by atoms with E-state index in [0.29, 0.717) is 16.5 Å². The lowest BCUT2D eigenvalue weighted by atomic mass is 10.0. The first-order valence-corrected chi connectivity index (χ1v) is 11.8. The first kappa shape index (κ1) is 20.6. The van der Waals surface area contributed by atoms with Crippen molar-refractivity contribution >= 4 is 26.6 Å². The summed E-state index contributed by atoms with van der Waals surface area (Å²) in [6.07, 6.45) is 4.69. The molecule has 1 amide bonds. The molecule has 1 fully saturated rings. The molecule has 1 aliphatic rings. The minimum Gasteiger partial charge on any atom is -0.338 e. The summed E-state index contributed by atoms with van der Waals surface area (Å²) in [6.45, 7) is 2.91. The molecule has 7 heteroatoms. The number of piperidine rings is 1. The second kappa shape index (κ2) is 8.22. The smallest absolute Gasteiger partial charge is 0.242 e. The van der Waals surface area contributed by atoms with Crippen LogP contribution in [0.2, 0.25) is 0 Å². The number of benzene rings is 2. The lowest BCUT2D eigenvalue weighted by molar-refractivity contribution is -0.135. The molecule has 1 unspecified atom stereocenters. The first-order valence-electron chi connectivity index (χ1n) is 10.2. The molecule has 1 aliphatic heterocycles. The highest BCUT2D eigenvalue weighted by molar-refractivity contribution is 7.90. The van der Waals surface area contributed by atoms with Crippen LogP contribution in [0.25, 0.3) is 10.9 Å². The molecule has 0 saturated carbocycles. The third-order valence-corrected chi connectivity index (χ3v) is 7.49. The summed E-state index contributed by atoms with van der Waals surface area (Å²) in [5.41, 5.74) is 1.24. The number of amides is 1. The van der Waals surface area contributed by atoms with Crippen LogP contribution in [0.3, 0.4) is 0 Å². The van der Waals surface area contributed by atoms with E-state index in [1.165, 1.54) is 24.3 Å². The van der Waals surface area contributed by atoms with Gasteiger partial charge in [-0.25, -0.2) is 12.8 Å². The normalized spacial score (nSPS) is 17.4. The van der Waals surface area contributed by atoms with Crippen LogP contribution in [0.4, 0.5) is 4.39 Å². The average molecular weight is 429 g/mol. The van der Waals surface area contributed by atoms with E-state index in [9.17, 15) is 17.6 Å². The standard InChI is InChI=1S/C23H25FN2O3S/c1-17-6-4-5-13-26(17)23(27)15-25-14-22(20-7-2-3-8-21(20)25)30(28,29)16-18-9-11-19(24)12-10-18/h2-3,7-12,14,17H,4-6,13,15-16H2,1H3. The summed E-state index contributed by atoms with van der Waals surface area (Å²) in [7, 11) is -3.67. The van der Waals surface area contributed by atoms with Gasteiger partial charge in [0.15, 0.2) is 9.84 Å². The lowest BCUT2D eigenvalue weighted by Gasteiger charge is -2.33. The zero-order valence-electron chi connectivity index (χ0n) is 16.9. The maximum absolute atomic E-state index is 13.2. The summed E-state index contributed by atoms with van der Waals surface area (Å²) >= 11 is 0. The summed E-state index contributed by atoms with van der Waals surface area (Å²) < 4.78 is 41.2. The number of rotatable bonds is 5. The average Bonchev–Trinajstić information content (AvgIpc) is 3.09. The summed E-state index contributed by atoms with van der Waals surface area (Å²) in [4.78, 5) is 15.0. The molecule has 3 aromatic rings. The fraction of sp³-hybridized carbons (Fsp3) is 0.348. The van der Waals surface area contributed by atoms with Gasteiger partial charge in [0.05, 0.1) is 10.6 Å². The topological polar surface area (TPSA) is 59.4 Å². The SMILES string of the molecule is CC1CCCCN1C(=O)Cn1cc(S(=O)(=O)Cc2ccc(F)cc2)c2ccccc21. The molecule has 0 aliphatic carbocycles. The number of sulfone groups is 1. The molecule has 2 heterocycles. The van der Waals surface area contributed by atoms with Crippen LogP contribution in [0.1, 0.15) is 31.7 Å². The van der Waals surface area contributed by atoms with E-state index < -0.39 is 15.7 Å². The molecule has 0 bridgehead atoms. The summed E-state index contributed by atoms with van der Waals surface area (Å²) in [5.74, 6) is -0.623. The van der Waals surface area contributed by atoms with Crippen molar-refractivity contribution in [2.45, 2.75) is 49.4 Å². The molecule has 30 heavy (non-hydrogen) atoms. The van der Waals surface area contributed by atoms with E-state index in [1.807, 2.05) is 17.0 Å². The van der Waals surface area contributed by atoms with Gasteiger partial charge >= 0.3 is 0 Å². The molecule has 1 aromatic heterocycles. The van der Waals surface area contributed by atoms with E-state index in [4.69, 9.17) is 0 Å². The Kier molecular flexibility index (Phi) is 5.64. The van der Waals surface area contributed by atoms with Crippen molar-refractivity contribution in [3.8, 4) is 0 Å². The van der Waals surface area contributed by atoms with Crippen LogP contribution < -0.4 is 0 Å². The van der Waals surface area contributed by atoms with E-state index in [0.717, 1.165) is 25.8 Å². The van der Waals surface area contributed by atoms with Crippen LogP contribution in [0, 0.1) is 5.82 Å². The highest BCUT2D eigenvalue weighted by Crippen LogP contribution is 2.28. The van der Waals surface area contributed by atoms with Gasteiger partial charge in [-0.3, -0.25) is 4.79 Å². The highest BCUT2D eigenvalue weighted by Gasteiger charge is 2.26. The van der Waals surface area contributed by atoms with Gasteiger partial charge in [0.25, 0.3) is 0 Å². The van der Waals surface area contributed by atoms with Crippen molar-refractivity contribution in [2.75, 3.05) is 6.54 Å². The molecule has 0 N–H and O–H groups in total. The summed E-state index contributed by atoms with van der Waals surface area (Å²) in [6, 6.07) is 12.9. The lowest BCUT2D eigenvalue weighted by Crippen LogP contribution is -2.43. The number of hydrogen-bond acceptors (Lipinski definition) is 3. The number of nitrogens with zero attached hydrogens (tertiary/aromatic N) is 2. The Balaban J connectivity index is 1.66. The molecule has 1 atom stereocenters. The molecule has 2 aromatic carbocycles. The van der Waals surface area contributed by atoms with Crippen LogP contribution in [0.5, 0.6) is 0 Å². The number of carbonyl (C=O) groups is 1. The Morgan fingerprint density at radius 3 is 2.57 bits per heavy atom. The van der Waals surface area contributed by atoms with E-state index >= 15 is 0 Å². The molecule has 4 rings (SSSR count). The summed E-state index contributed by atoms with van der Waals surface area (Å²) in [5, 5.41) is 0.596. The van der Waals surface area contributed by atoms with E-state index in [2.05, 4.69) is 6.92 Å². The fourth-order valence-corrected chi connectivity index (χ4v) is 5.76. The largest absolute Gasteiger partial charge is 0.338 e. The third-order valence-electron chi connectivity index (χ3n) is 5.79. The fourth-order valence-electron chi connectivity index (χ4n) is 4.17. The third kappa shape index (κ3) is 4.12. The number of halogens is 1. The first-order chi connectivity index (χ1) is 14.3. The van der Waals surface area contributed by atoms with Crippen LogP contribution in [-0.4, -0.2) is 36.4 Å². The number of likely N-dealkylation sites (tertiary alicyclic amines) is 1. The molecule has 0 radical (unpaired) electrons. The van der Waals surface area contributed by atoms with Crippen LogP contribution in [0.15, 0.2) is 59.6 Å². The minimum absolute atomic E-state index is 0.00503. The number of fused-ring (bicyclic) bond motifs is 1. The van der Waals surface area contributed by atoms with Crippen LogP contribution in [-0.2, 0) is 26.9 Å². The van der Waals surface area contributed by atoms with Gasteiger partial charge in [0.1, 0.15) is 12.4 Å². The maximum Gasteiger partial charge on any atom is 0.242 e. The Bertz CT molecular complexity index is 1170. The monoisotopic (exact) mass is 428 g/mol. The van der Waals surface area contributed by atoms with Crippen molar-refractivity contribution in [3.63, 3.8) is 0 Å². The van der Waals surface area contributed by atoms with E-state index in [-0.39, 0.29) is 29.1 Å². The van der Waals surface area contributed by atoms with Crippen molar-refractivity contribution < 1.29 is 17.6 Å². The maximum atomic E-state index is 13.2. The predicted octanol–water partition coefficient (Wildman–Crippen LogP) is 4.16. The molecule has 158 valence electrons. The van der Waals surface area contributed by atoms with Gasteiger partial charge < -0.3 is 9.47 Å². The number of aromatic nitrogens is 1. The van der Waals surface area contributed by atoms with E-state index in [1.54, 1.807) is 22.9 Å². The molecule has 5 nitrogen and oxygen atoms in total. The Labute approximate surface area is 176 Å². The minimum atomic E-state index is -3.67. The van der Waals surface area contributed by atoms with Crippen molar-refractivity contribution in [2.24, 2.45) is 0 Å². The van der Waals surface area contributed by atoms with Crippen LogP contribution >= 0.6 is 0 Å². The Morgan fingerprint density at radius 2 is 1.83 bits per heavy atom. The number of carbonyl (C=O) groups excluding carboxylic acids is 1. The Morgan fingerprint density at radius 1 is 1.10 bits per heavy atom. The molecule has 0 spiro atoms. The van der Waals surface area contributed by atoms with Gasteiger partial charge in [-0.15, -0.1) is 0 Å². The van der Waals surface area contributed by atoms with Gasteiger partial charge in [-0.2, -0.15) is 0 Å². The van der Waals surface area contributed by atoms with Gasteiger partial charge in [-0.05, 0) is 49.9 Å². The quantitative estimate of drug-likeness (QED) is 0.613. The predicted molar refractivity (Wildman–Crippen MR) is 114 cm³/mol. The van der Waals surface area contributed by atoms with Crippen molar-refractivity contribution in [3.05, 3.63) is 66.1 Å². The second-order valence-electron chi connectivity index (χ2n) is 7.96. The number of para-hydroxylation sites is 1. The molecular weight excluding hydrogens is 403 g/mol. The zero-order valence-corrected chi connectivity index (χ0v) is 17.7. The second-order valence-corrected chi connectivity index (χ2v) is 9.91. The highest BCUT2D eigenvalue weighted by atomic mass is 32.2. The Hall–Kier alpha value is -2.67. The van der Waals surface area contributed by atoms with Gasteiger partial charge in [0, 0.05) is 29.7 Å². The number of hydrogen-bond donors (Lipinski definition) is 0. The van der Waals surface area contributed by atoms with Crippen molar-refractivity contribution in [1.29, 1.82) is 0 Å². The van der Waals surface area contributed by atoms with Gasteiger partial charge in [-0.1, -0.05) is 30.3 Å². The molecular formula is C23H25FN2O3S. The van der Waals surface area contributed by atoms with Gasteiger partial charge in [0.2, 0.25) is 5.91 Å². The molecule has 1 saturated heterocycles. The zero-order chi connectivity index (χ0) is 21.3. The van der Waals surface area contributed by atoms with Crippen molar-refractivity contribution in [1.82, 2.24) is 9.47 Å².